The number of rotatable bonds is 5. The van der Waals surface area contributed by atoms with Crippen molar-refractivity contribution in [1.82, 2.24) is 20.4 Å². The van der Waals surface area contributed by atoms with E-state index in [2.05, 4.69) is 20.7 Å². The number of aliphatic imine (C=N–C) groups is 1. The Morgan fingerprint density at radius 1 is 1.19 bits per heavy atom. The topological polar surface area (TPSA) is 74.5 Å². The Balaban J connectivity index is 1.83. The van der Waals surface area contributed by atoms with Gasteiger partial charge in [0.05, 0.1) is 29.6 Å². The van der Waals surface area contributed by atoms with E-state index in [1.54, 1.807) is 13.0 Å². The molecule has 1 heterocycles. The molecular formula is C22H30F3N5O. The zero-order valence-corrected chi connectivity index (χ0v) is 18.1. The largest absolute Gasteiger partial charge is 0.416 e. The number of nitrogens with one attached hydrogen (secondary N) is 2. The molecule has 1 aliphatic carbocycles. The molecule has 1 saturated carbocycles. The number of halogens is 3. The third-order valence-electron chi connectivity index (χ3n) is 5.44. The average molecular weight is 438 g/mol. The Morgan fingerprint density at radius 2 is 1.90 bits per heavy atom. The van der Waals surface area contributed by atoms with E-state index >= 15 is 0 Å². The van der Waals surface area contributed by atoms with Crippen molar-refractivity contribution in [3.8, 4) is 5.69 Å². The number of aryl methyl sites for hydroxylation is 2. The van der Waals surface area contributed by atoms with Crippen LogP contribution >= 0.6 is 0 Å². The maximum Gasteiger partial charge on any atom is 0.416 e. The van der Waals surface area contributed by atoms with E-state index in [0.717, 1.165) is 30.3 Å². The van der Waals surface area contributed by atoms with Gasteiger partial charge in [0.2, 0.25) is 0 Å². The zero-order chi connectivity index (χ0) is 22.6. The van der Waals surface area contributed by atoms with Crippen LogP contribution in [-0.2, 0) is 12.7 Å². The van der Waals surface area contributed by atoms with Crippen LogP contribution in [0, 0.1) is 13.8 Å². The Bertz CT molecular complexity index is 914. The highest BCUT2D eigenvalue weighted by molar-refractivity contribution is 5.80. The van der Waals surface area contributed by atoms with Gasteiger partial charge >= 0.3 is 6.18 Å². The van der Waals surface area contributed by atoms with E-state index in [0.29, 0.717) is 31.0 Å². The van der Waals surface area contributed by atoms with Crippen LogP contribution in [0.25, 0.3) is 5.69 Å². The summed E-state index contributed by atoms with van der Waals surface area (Å²) in [6, 6.07) is 6.22. The minimum absolute atomic E-state index is 0.100. The molecule has 0 aliphatic heterocycles. The Morgan fingerprint density at radius 3 is 2.48 bits per heavy atom. The van der Waals surface area contributed by atoms with E-state index < -0.39 is 11.7 Å². The number of aliphatic hydroxyl groups is 1. The first-order valence-electron chi connectivity index (χ1n) is 10.6. The molecule has 2 aromatic rings. The normalized spacial score (nSPS) is 20.0. The van der Waals surface area contributed by atoms with Crippen LogP contribution in [0.5, 0.6) is 0 Å². The van der Waals surface area contributed by atoms with E-state index in [4.69, 9.17) is 0 Å². The molecule has 6 nitrogen and oxygen atoms in total. The quantitative estimate of drug-likeness (QED) is 0.491. The Labute approximate surface area is 180 Å². The fraction of sp³-hybridized carbons (Fsp3) is 0.545. The fourth-order valence-electron chi connectivity index (χ4n) is 3.89. The molecule has 0 radical (unpaired) electrons. The number of aromatic nitrogens is 2. The minimum Gasteiger partial charge on any atom is -0.393 e. The molecule has 1 aromatic carbocycles. The van der Waals surface area contributed by atoms with Gasteiger partial charge in [0.25, 0.3) is 0 Å². The van der Waals surface area contributed by atoms with Gasteiger partial charge in [0.1, 0.15) is 0 Å². The molecule has 0 amide bonds. The lowest BCUT2D eigenvalue weighted by Gasteiger charge is -2.27. The summed E-state index contributed by atoms with van der Waals surface area (Å²) in [5.74, 6) is 0.486. The molecule has 31 heavy (non-hydrogen) atoms. The molecule has 1 aliphatic rings. The predicted octanol–water partition coefficient (Wildman–Crippen LogP) is 3.87. The van der Waals surface area contributed by atoms with Crippen molar-refractivity contribution in [3.63, 3.8) is 0 Å². The lowest BCUT2D eigenvalue weighted by molar-refractivity contribution is -0.138. The summed E-state index contributed by atoms with van der Waals surface area (Å²) in [7, 11) is 0. The highest BCUT2D eigenvalue weighted by atomic mass is 19.4. The van der Waals surface area contributed by atoms with Crippen LogP contribution in [0.2, 0.25) is 0 Å². The number of aliphatic hydroxyl groups excluding tert-OH is 1. The summed E-state index contributed by atoms with van der Waals surface area (Å²) in [4.78, 5) is 4.40. The molecule has 0 atom stereocenters. The molecule has 0 saturated heterocycles. The molecule has 9 heteroatoms. The first kappa shape index (κ1) is 23.1. The minimum atomic E-state index is -4.50. The summed E-state index contributed by atoms with van der Waals surface area (Å²) in [5.41, 5.74) is 1.28. The highest BCUT2D eigenvalue weighted by Crippen LogP contribution is 2.34. The van der Waals surface area contributed by atoms with E-state index in [1.165, 1.54) is 10.7 Å². The molecule has 0 spiro atoms. The number of hydrogen-bond donors (Lipinski definition) is 3. The lowest BCUT2D eigenvalue weighted by atomic mass is 9.93. The molecular weight excluding hydrogens is 407 g/mol. The summed E-state index contributed by atoms with van der Waals surface area (Å²) < 4.78 is 42.9. The number of alkyl halides is 3. The van der Waals surface area contributed by atoms with E-state index in [-0.39, 0.29) is 24.3 Å². The SMILES string of the molecule is CCNC(=NCc1ccc(-n2nc(C)cc2C)cc1C(F)(F)F)NC1CCC(O)CC1. The van der Waals surface area contributed by atoms with Crippen molar-refractivity contribution in [2.75, 3.05) is 6.54 Å². The maximum atomic E-state index is 13.8. The number of benzene rings is 1. The maximum absolute atomic E-state index is 13.8. The Hall–Kier alpha value is -2.55. The predicted molar refractivity (Wildman–Crippen MR) is 114 cm³/mol. The van der Waals surface area contributed by atoms with Crippen LogP contribution < -0.4 is 10.6 Å². The van der Waals surface area contributed by atoms with Crippen molar-refractivity contribution in [2.24, 2.45) is 4.99 Å². The molecule has 3 rings (SSSR count). The van der Waals surface area contributed by atoms with Crippen molar-refractivity contribution < 1.29 is 18.3 Å². The van der Waals surface area contributed by atoms with Gasteiger partial charge in [-0.25, -0.2) is 9.67 Å². The third-order valence-corrected chi connectivity index (χ3v) is 5.44. The van der Waals surface area contributed by atoms with Crippen molar-refractivity contribution >= 4 is 5.96 Å². The van der Waals surface area contributed by atoms with Gasteiger partial charge in [0, 0.05) is 18.3 Å². The number of guanidine groups is 1. The van der Waals surface area contributed by atoms with Crippen LogP contribution in [0.15, 0.2) is 29.3 Å². The van der Waals surface area contributed by atoms with Gasteiger partial charge in [0.15, 0.2) is 5.96 Å². The third kappa shape index (κ3) is 6.00. The second kappa shape index (κ2) is 9.72. The standard InChI is InChI=1S/C22H30F3N5O/c1-4-26-21(28-17-6-9-19(31)10-7-17)27-13-16-5-8-18(12-20(16)22(23,24)25)30-15(3)11-14(2)29-30/h5,8,11-12,17,19,31H,4,6-7,9-10,13H2,1-3H3,(H2,26,27,28). The second-order valence-corrected chi connectivity index (χ2v) is 8.02. The van der Waals surface area contributed by atoms with Crippen molar-refractivity contribution in [1.29, 1.82) is 0 Å². The molecule has 0 bridgehead atoms. The van der Waals surface area contributed by atoms with Crippen LogP contribution in [0.3, 0.4) is 0 Å². The number of nitrogens with zero attached hydrogens (tertiary/aromatic N) is 3. The van der Waals surface area contributed by atoms with Crippen LogP contribution in [0.1, 0.15) is 55.1 Å². The summed E-state index contributed by atoms with van der Waals surface area (Å²) in [6.07, 6.45) is -1.74. The van der Waals surface area contributed by atoms with Gasteiger partial charge in [-0.1, -0.05) is 6.07 Å². The monoisotopic (exact) mass is 437 g/mol. The molecule has 170 valence electrons. The van der Waals surface area contributed by atoms with E-state index in [1.807, 2.05) is 19.9 Å². The van der Waals surface area contributed by atoms with Gasteiger partial charge in [-0.15, -0.1) is 0 Å². The summed E-state index contributed by atoms with van der Waals surface area (Å²) in [6.45, 7) is 6.02. The smallest absolute Gasteiger partial charge is 0.393 e. The number of hydrogen-bond acceptors (Lipinski definition) is 3. The average Bonchev–Trinajstić information content (AvgIpc) is 3.05. The first-order chi connectivity index (χ1) is 14.7. The highest BCUT2D eigenvalue weighted by Gasteiger charge is 2.34. The van der Waals surface area contributed by atoms with Gasteiger partial charge in [-0.2, -0.15) is 18.3 Å². The van der Waals surface area contributed by atoms with Gasteiger partial charge in [-0.3, -0.25) is 0 Å². The molecule has 1 fully saturated rings. The second-order valence-electron chi connectivity index (χ2n) is 8.02. The van der Waals surface area contributed by atoms with Gasteiger partial charge < -0.3 is 15.7 Å². The molecule has 3 N–H and O–H groups in total. The van der Waals surface area contributed by atoms with Gasteiger partial charge in [-0.05, 0) is 70.2 Å². The lowest BCUT2D eigenvalue weighted by Crippen LogP contribution is -2.45. The summed E-state index contributed by atoms with van der Waals surface area (Å²) in [5, 5.41) is 20.3. The fourth-order valence-corrected chi connectivity index (χ4v) is 3.89. The van der Waals surface area contributed by atoms with Crippen molar-refractivity contribution in [3.05, 3.63) is 46.8 Å². The van der Waals surface area contributed by atoms with Crippen LogP contribution in [-0.4, -0.2) is 39.5 Å². The van der Waals surface area contributed by atoms with E-state index in [9.17, 15) is 18.3 Å². The molecule has 0 unspecified atom stereocenters. The first-order valence-corrected chi connectivity index (χ1v) is 10.6. The zero-order valence-electron chi connectivity index (χ0n) is 18.1. The molecule has 1 aromatic heterocycles. The Kier molecular flexibility index (Phi) is 7.25. The van der Waals surface area contributed by atoms with Crippen LogP contribution in [0.4, 0.5) is 13.2 Å². The van der Waals surface area contributed by atoms with Crippen molar-refractivity contribution in [2.45, 2.75) is 71.3 Å². The summed E-state index contributed by atoms with van der Waals surface area (Å²) >= 11 is 0.